The van der Waals surface area contributed by atoms with Gasteiger partial charge in [-0.2, -0.15) is 0 Å². The molecule has 4 heteroatoms. The number of nitrogens with zero attached hydrogens (tertiary/aromatic N) is 1. The van der Waals surface area contributed by atoms with E-state index in [1.54, 1.807) is 11.3 Å². The van der Waals surface area contributed by atoms with Crippen LogP contribution in [0.3, 0.4) is 0 Å². The maximum absolute atomic E-state index is 4.36. The second-order valence-corrected chi connectivity index (χ2v) is 6.34. The Hall–Kier alpha value is -0.450. The van der Waals surface area contributed by atoms with Crippen LogP contribution in [0.4, 0.5) is 0 Å². The summed E-state index contributed by atoms with van der Waals surface area (Å²) in [5, 5.41) is 9.61. The van der Waals surface area contributed by atoms with Gasteiger partial charge < -0.3 is 10.6 Å². The predicted octanol–water partition coefficient (Wildman–Crippen LogP) is 2.54. The van der Waals surface area contributed by atoms with Crippen LogP contribution in [0.1, 0.15) is 44.2 Å². The van der Waals surface area contributed by atoms with E-state index in [4.69, 9.17) is 0 Å². The molecule has 3 unspecified atom stereocenters. The van der Waals surface area contributed by atoms with Gasteiger partial charge in [-0.05, 0) is 38.1 Å². The molecule has 100 valence electrons. The summed E-state index contributed by atoms with van der Waals surface area (Å²) in [6.07, 6.45) is 8.27. The van der Waals surface area contributed by atoms with Crippen LogP contribution in [0.2, 0.25) is 0 Å². The first kappa shape index (κ1) is 12.6. The molecule has 0 radical (unpaired) electrons. The number of thiazole rings is 1. The monoisotopic (exact) mass is 265 g/mol. The predicted molar refractivity (Wildman–Crippen MR) is 75.7 cm³/mol. The fraction of sp³-hybridized carbons (Fsp3) is 0.786. The molecule has 3 atom stereocenters. The Kier molecular flexibility index (Phi) is 4.28. The average molecular weight is 265 g/mol. The molecule has 1 aromatic heterocycles. The van der Waals surface area contributed by atoms with Crippen LogP contribution >= 0.6 is 11.3 Å². The van der Waals surface area contributed by atoms with Crippen molar-refractivity contribution in [2.75, 3.05) is 6.54 Å². The van der Waals surface area contributed by atoms with Gasteiger partial charge in [0.1, 0.15) is 0 Å². The molecule has 0 bridgehead atoms. The van der Waals surface area contributed by atoms with Crippen molar-refractivity contribution in [2.24, 2.45) is 5.92 Å². The zero-order valence-electron chi connectivity index (χ0n) is 10.9. The molecule has 3 rings (SSSR count). The molecule has 2 fully saturated rings. The van der Waals surface area contributed by atoms with Gasteiger partial charge in [-0.1, -0.05) is 12.8 Å². The van der Waals surface area contributed by atoms with E-state index in [-0.39, 0.29) is 0 Å². The number of nitrogens with one attached hydrogen (secondary N) is 2. The van der Waals surface area contributed by atoms with Crippen LogP contribution in [-0.4, -0.2) is 23.6 Å². The third-order valence-corrected chi connectivity index (χ3v) is 5.10. The number of hydrogen-bond donors (Lipinski definition) is 2. The minimum Gasteiger partial charge on any atom is -0.314 e. The van der Waals surface area contributed by atoms with E-state index in [1.165, 1.54) is 50.8 Å². The van der Waals surface area contributed by atoms with E-state index in [2.05, 4.69) is 21.0 Å². The Morgan fingerprint density at radius 3 is 3.06 bits per heavy atom. The lowest BCUT2D eigenvalue weighted by molar-refractivity contribution is 0.256. The average Bonchev–Trinajstić information content (AvgIpc) is 3.09. The lowest BCUT2D eigenvalue weighted by Gasteiger charge is -2.33. The van der Waals surface area contributed by atoms with Crippen LogP contribution < -0.4 is 10.6 Å². The third-order valence-electron chi connectivity index (χ3n) is 4.46. The molecule has 18 heavy (non-hydrogen) atoms. The lowest BCUT2D eigenvalue weighted by atomic mass is 9.88. The molecule has 1 aliphatic carbocycles. The number of rotatable bonds is 4. The van der Waals surface area contributed by atoms with E-state index < -0.39 is 0 Å². The van der Waals surface area contributed by atoms with E-state index in [1.807, 2.05) is 5.51 Å². The number of hydrogen-bond acceptors (Lipinski definition) is 4. The molecule has 2 N–H and O–H groups in total. The third kappa shape index (κ3) is 2.92. The van der Waals surface area contributed by atoms with E-state index in [0.717, 1.165) is 18.5 Å². The van der Waals surface area contributed by atoms with Crippen LogP contribution in [0.15, 0.2) is 10.9 Å². The molecule has 2 aliphatic rings. The molecular weight excluding hydrogens is 242 g/mol. The molecule has 0 aromatic carbocycles. The van der Waals surface area contributed by atoms with E-state index in [0.29, 0.717) is 6.04 Å². The summed E-state index contributed by atoms with van der Waals surface area (Å²) in [5.74, 6) is 0.837. The van der Waals surface area contributed by atoms with Crippen molar-refractivity contribution in [3.05, 3.63) is 16.6 Å². The molecule has 1 aliphatic heterocycles. The van der Waals surface area contributed by atoms with Crippen molar-refractivity contribution < 1.29 is 0 Å². The Morgan fingerprint density at radius 1 is 1.28 bits per heavy atom. The highest BCUT2D eigenvalue weighted by Gasteiger charge is 2.33. The van der Waals surface area contributed by atoms with Gasteiger partial charge in [0.05, 0.1) is 11.2 Å². The van der Waals surface area contributed by atoms with Gasteiger partial charge in [0.25, 0.3) is 0 Å². The summed E-state index contributed by atoms with van der Waals surface area (Å²) >= 11 is 1.69. The van der Waals surface area contributed by atoms with Gasteiger partial charge in [-0.25, -0.2) is 4.98 Å². The van der Waals surface area contributed by atoms with Crippen LogP contribution in [0.5, 0.6) is 0 Å². The minimum atomic E-state index is 0.697. The zero-order chi connectivity index (χ0) is 12.2. The zero-order valence-corrected chi connectivity index (χ0v) is 11.7. The standard InChI is InChI=1S/C14H23N3S/c1-2-7-15-13(5-1)12-4-3-6-14(12)16-8-11-9-18-10-17-11/h9-10,12-16H,1-8H2. The maximum atomic E-state index is 4.36. The van der Waals surface area contributed by atoms with Crippen molar-refractivity contribution in [1.82, 2.24) is 15.6 Å². The topological polar surface area (TPSA) is 37.0 Å². The fourth-order valence-corrected chi connectivity index (χ4v) is 4.09. The summed E-state index contributed by atoms with van der Waals surface area (Å²) in [5.41, 5.74) is 3.12. The highest BCUT2D eigenvalue weighted by molar-refractivity contribution is 7.07. The Bertz CT molecular complexity index is 346. The Balaban J connectivity index is 1.53. The van der Waals surface area contributed by atoms with Crippen molar-refractivity contribution in [2.45, 2.75) is 57.2 Å². The Morgan fingerprint density at radius 2 is 2.28 bits per heavy atom. The largest absolute Gasteiger partial charge is 0.314 e. The molecule has 1 aromatic rings. The second kappa shape index (κ2) is 6.13. The lowest BCUT2D eigenvalue weighted by Crippen LogP contribution is -2.46. The number of piperidine rings is 1. The second-order valence-electron chi connectivity index (χ2n) is 5.62. The normalized spacial score (nSPS) is 32.8. The minimum absolute atomic E-state index is 0.697. The summed E-state index contributed by atoms with van der Waals surface area (Å²) < 4.78 is 0. The summed E-state index contributed by atoms with van der Waals surface area (Å²) in [6, 6.07) is 1.46. The molecular formula is C14H23N3S. The van der Waals surface area contributed by atoms with E-state index >= 15 is 0 Å². The van der Waals surface area contributed by atoms with Crippen LogP contribution in [0, 0.1) is 5.92 Å². The van der Waals surface area contributed by atoms with Crippen molar-refractivity contribution >= 4 is 11.3 Å². The SMILES string of the molecule is c1nc(CNC2CCCC2C2CCCCN2)cs1. The van der Waals surface area contributed by atoms with Gasteiger partial charge in [-0.15, -0.1) is 11.3 Å². The van der Waals surface area contributed by atoms with Gasteiger partial charge in [-0.3, -0.25) is 0 Å². The summed E-state index contributed by atoms with van der Waals surface area (Å²) in [7, 11) is 0. The fourth-order valence-electron chi connectivity index (χ4n) is 3.53. The Labute approximate surface area is 113 Å². The van der Waals surface area contributed by atoms with Crippen molar-refractivity contribution in [3.8, 4) is 0 Å². The first-order valence-electron chi connectivity index (χ1n) is 7.27. The first-order chi connectivity index (χ1) is 8.93. The van der Waals surface area contributed by atoms with Crippen LogP contribution in [0.25, 0.3) is 0 Å². The van der Waals surface area contributed by atoms with Gasteiger partial charge in [0, 0.05) is 24.0 Å². The molecule has 1 saturated heterocycles. The van der Waals surface area contributed by atoms with Gasteiger partial charge >= 0.3 is 0 Å². The highest BCUT2D eigenvalue weighted by atomic mass is 32.1. The van der Waals surface area contributed by atoms with Gasteiger partial charge in [0.2, 0.25) is 0 Å². The summed E-state index contributed by atoms with van der Waals surface area (Å²) in [6.45, 7) is 2.16. The molecule has 2 heterocycles. The molecule has 0 spiro atoms. The van der Waals surface area contributed by atoms with Crippen LogP contribution in [-0.2, 0) is 6.54 Å². The molecule has 3 nitrogen and oxygen atoms in total. The van der Waals surface area contributed by atoms with E-state index in [9.17, 15) is 0 Å². The quantitative estimate of drug-likeness (QED) is 0.878. The summed E-state index contributed by atoms with van der Waals surface area (Å²) in [4.78, 5) is 4.36. The van der Waals surface area contributed by atoms with Crippen molar-refractivity contribution in [3.63, 3.8) is 0 Å². The number of aromatic nitrogens is 1. The smallest absolute Gasteiger partial charge is 0.0795 e. The highest BCUT2D eigenvalue weighted by Crippen LogP contribution is 2.31. The molecule has 0 amide bonds. The van der Waals surface area contributed by atoms with Gasteiger partial charge in [0.15, 0.2) is 0 Å². The maximum Gasteiger partial charge on any atom is 0.0795 e. The van der Waals surface area contributed by atoms with Crippen molar-refractivity contribution in [1.29, 1.82) is 0 Å². The molecule has 1 saturated carbocycles. The first-order valence-corrected chi connectivity index (χ1v) is 8.21.